The fraction of sp³-hybridized carbons (Fsp3) is 0.588. The van der Waals surface area contributed by atoms with Crippen LogP contribution in [0, 0.1) is 10.8 Å². The number of hydrogen-bond donors (Lipinski definition) is 0. The predicted molar refractivity (Wildman–Crippen MR) is 80.6 cm³/mol. The van der Waals surface area contributed by atoms with Gasteiger partial charge in [0.2, 0.25) is 0 Å². The third kappa shape index (κ3) is 4.87. The molecule has 1 heterocycles. The van der Waals surface area contributed by atoms with Crippen molar-refractivity contribution in [1.82, 2.24) is 4.98 Å². The van der Waals surface area contributed by atoms with Gasteiger partial charge in [0.25, 0.3) is 0 Å². The van der Waals surface area contributed by atoms with Crippen LogP contribution in [0.3, 0.4) is 0 Å². The van der Waals surface area contributed by atoms with Gasteiger partial charge in [-0.15, -0.1) is 0 Å². The Kier molecular flexibility index (Phi) is 4.85. The van der Waals surface area contributed by atoms with Crippen LogP contribution < -0.4 is 0 Å². The molecule has 1 aromatic rings. The van der Waals surface area contributed by atoms with Gasteiger partial charge < -0.3 is 0 Å². The van der Waals surface area contributed by atoms with Gasteiger partial charge in [-0.1, -0.05) is 47.6 Å². The molecule has 0 radical (unpaired) electrons. The molecule has 0 amide bonds. The number of rotatable bonds is 4. The zero-order valence-electron chi connectivity index (χ0n) is 13.4. The van der Waals surface area contributed by atoms with Gasteiger partial charge >= 0.3 is 0 Å². The number of pyridine rings is 1. The summed E-state index contributed by atoms with van der Waals surface area (Å²) in [5, 5.41) is 0. The second-order valence-corrected chi connectivity index (χ2v) is 7.32. The molecule has 0 bridgehead atoms. The fourth-order valence-corrected chi connectivity index (χ4v) is 1.59. The van der Waals surface area contributed by atoms with E-state index < -0.39 is 0 Å². The normalized spacial score (nSPS) is 12.3. The molecule has 110 valence electrons. The summed E-state index contributed by atoms with van der Waals surface area (Å²) in [7, 11) is 0. The lowest BCUT2D eigenvalue weighted by Gasteiger charge is -2.17. The van der Waals surface area contributed by atoms with E-state index in [1.807, 2.05) is 59.7 Å². The summed E-state index contributed by atoms with van der Waals surface area (Å²) < 4.78 is 0. The smallest absolute Gasteiger partial charge is 0.144 e. The first-order valence-corrected chi connectivity index (χ1v) is 7.01. The Balaban J connectivity index is 2.82. The van der Waals surface area contributed by atoms with Crippen LogP contribution in [0.4, 0.5) is 0 Å². The van der Waals surface area contributed by atoms with E-state index in [0.29, 0.717) is 12.8 Å². The molecule has 3 heteroatoms. The third-order valence-corrected chi connectivity index (χ3v) is 3.22. The summed E-state index contributed by atoms with van der Waals surface area (Å²) in [4.78, 5) is 28.5. The third-order valence-electron chi connectivity index (χ3n) is 3.22. The minimum absolute atomic E-state index is 0.157. The summed E-state index contributed by atoms with van der Waals surface area (Å²) in [5.74, 6) is 0.314. The summed E-state index contributed by atoms with van der Waals surface area (Å²) in [5.41, 5.74) is 0.756. The first-order valence-electron chi connectivity index (χ1n) is 7.01. The Labute approximate surface area is 121 Å². The average molecular weight is 275 g/mol. The van der Waals surface area contributed by atoms with Crippen LogP contribution in [-0.4, -0.2) is 16.6 Å². The van der Waals surface area contributed by atoms with Crippen molar-refractivity contribution < 1.29 is 9.59 Å². The van der Waals surface area contributed by atoms with Crippen LogP contribution in [0.1, 0.15) is 52.9 Å². The van der Waals surface area contributed by atoms with Crippen molar-refractivity contribution >= 4 is 11.6 Å². The van der Waals surface area contributed by atoms with Crippen LogP contribution in [0.5, 0.6) is 0 Å². The number of nitrogens with zero attached hydrogens (tertiary/aromatic N) is 1. The first-order chi connectivity index (χ1) is 9.00. The van der Waals surface area contributed by atoms with E-state index in [1.165, 1.54) is 0 Å². The number of Topliss-reactive ketones (excluding diaryl/α,β-unsaturated/α-hetero) is 2. The fourth-order valence-electron chi connectivity index (χ4n) is 1.59. The highest BCUT2D eigenvalue weighted by molar-refractivity contribution is 5.86. The first kappa shape index (κ1) is 16.5. The van der Waals surface area contributed by atoms with Crippen LogP contribution in [0.15, 0.2) is 18.2 Å². The Morgan fingerprint density at radius 2 is 1.20 bits per heavy atom. The Hall–Kier alpha value is -1.51. The van der Waals surface area contributed by atoms with E-state index in [4.69, 9.17) is 0 Å². The van der Waals surface area contributed by atoms with Crippen molar-refractivity contribution in [2.75, 3.05) is 0 Å². The number of aromatic nitrogens is 1. The Morgan fingerprint density at radius 3 is 1.50 bits per heavy atom. The van der Waals surface area contributed by atoms with Crippen LogP contribution in [0.25, 0.3) is 0 Å². The highest BCUT2D eigenvalue weighted by atomic mass is 16.1. The van der Waals surface area contributed by atoms with Gasteiger partial charge in [0.1, 0.15) is 11.6 Å². The highest BCUT2D eigenvalue weighted by Crippen LogP contribution is 2.19. The molecule has 20 heavy (non-hydrogen) atoms. The van der Waals surface area contributed by atoms with E-state index in [9.17, 15) is 9.59 Å². The molecule has 0 aliphatic rings. The van der Waals surface area contributed by atoms with E-state index in [0.717, 1.165) is 11.4 Å². The average Bonchev–Trinajstić information content (AvgIpc) is 2.26. The lowest BCUT2D eigenvalue weighted by Crippen LogP contribution is -2.24. The van der Waals surface area contributed by atoms with Gasteiger partial charge in [0, 0.05) is 35.1 Å². The van der Waals surface area contributed by atoms with Gasteiger partial charge in [-0.3, -0.25) is 14.6 Å². The largest absolute Gasteiger partial charge is 0.299 e. The van der Waals surface area contributed by atoms with Crippen LogP contribution >= 0.6 is 0 Å². The molecular weight excluding hydrogens is 250 g/mol. The number of carbonyl (C=O) groups is 2. The van der Waals surface area contributed by atoms with Gasteiger partial charge in [-0.25, -0.2) is 0 Å². The SMILES string of the molecule is CC(C)(C)C(=O)Cc1cccc(CC(=O)C(C)(C)C)n1. The molecule has 0 saturated heterocycles. The lowest BCUT2D eigenvalue weighted by atomic mass is 9.87. The van der Waals surface area contributed by atoms with Crippen LogP contribution in [0.2, 0.25) is 0 Å². The second-order valence-electron chi connectivity index (χ2n) is 7.32. The summed E-state index contributed by atoms with van der Waals surface area (Å²) in [6.07, 6.45) is 0.641. The Bertz CT molecular complexity index is 461. The van der Waals surface area contributed by atoms with Crippen molar-refractivity contribution in [3.8, 4) is 0 Å². The summed E-state index contributed by atoms with van der Waals surface area (Å²) in [6, 6.07) is 5.55. The molecule has 0 aromatic carbocycles. The number of hydrogen-bond acceptors (Lipinski definition) is 3. The standard InChI is InChI=1S/C17H25NO2/c1-16(2,3)14(19)10-12-8-7-9-13(18-12)11-15(20)17(4,5)6/h7-9H,10-11H2,1-6H3. The van der Waals surface area contributed by atoms with E-state index in [2.05, 4.69) is 4.98 Å². The zero-order chi connectivity index (χ0) is 15.6. The molecule has 3 nitrogen and oxygen atoms in total. The van der Waals surface area contributed by atoms with Crippen LogP contribution in [-0.2, 0) is 22.4 Å². The highest BCUT2D eigenvalue weighted by Gasteiger charge is 2.23. The molecule has 1 aromatic heterocycles. The molecule has 0 aliphatic heterocycles. The predicted octanol–water partition coefficient (Wildman–Crippen LogP) is 3.40. The van der Waals surface area contributed by atoms with Gasteiger partial charge in [-0.2, -0.15) is 0 Å². The summed E-state index contributed by atoms with van der Waals surface area (Å²) >= 11 is 0. The maximum absolute atomic E-state index is 12.0. The molecule has 0 unspecified atom stereocenters. The molecular formula is C17H25NO2. The number of carbonyl (C=O) groups excluding carboxylic acids is 2. The molecule has 0 saturated carbocycles. The molecule has 1 rings (SSSR count). The molecule has 0 N–H and O–H groups in total. The van der Waals surface area contributed by atoms with Crippen molar-refractivity contribution in [1.29, 1.82) is 0 Å². The molecule has 0 fully saturated rings. The topological polar surface area (TPSA) is 47.0 Å². The molecule has 0 aliphatic carbocycles. The van der Waals surface area contributed by atoms with Crippen molar-refractivity contribution in [2.45, 2.75) is 54.4 Å². The number of ketones is 2. The van der Waals surface area contributed by atoms with Gasteiger partial charge in [0.05, 0.1) is 0 Å². The minimum atomic E-state index is -0.362. The molecule has 0 atom stereocenters. The zero-order valence-corrected chi connectivity index (χ0v) is 13.4. The lowest BCUT2D eigenvalue weighted by molar-refractivity contribution is -0.126. The maximum atomic E-state index is 12.0. The van der Waals surface area contributed by atoms with Crippen molar-refractivity contribution in [3.63, 3.8) is 0 Å². The van der Waals surface area contributed by atoms with E-state index >= 15 is 0 Å². The Morgan fingerprint density at radius 1 is 0.850 bits per heavy atom. The molecule has 0 spiro atoms. The maximum Gasteiger partial charge on any atom is 0.144 e. The quantitative estimate of drug-likeness (QED) is 0.846. The van der Waals surface area contributed by atoms with Gasteiger partial charge in [-0.05, 0) is 12.1 Å². The van der Waals surface area contributed by atoms with Crippen molar-refractivity contribution in [3.05, 3.63) is 29.6 Å². The van der Waals surface area contributed by atoms with E-state index in [1.54, 1.807) is 0 Å². The summed E-state index contributed by atoms with van der Waals surface area (Å²) in [6.45, 7) is 11.4. The van der Waals surface area contributed by atoms with E-state index in [-0.39, 0.29) is 22.4 Å². The van der Waals surface area contributed by atoms with Crippen molar-refractivity contribution in [2.24, 2.45) is 10.8 Å². The monoisotopic (exact) mass is 275 g/mol. The second kappa shape index (κ2) is 5.86. The van der Waals surface area contributed by atoms with Gasteiger partial charge in [0.15, 0.2) is 0 Å². The minimum Gasteiger partial charge on any atom is -0.299 e.